The number of urea groups is 1. The van der Waals surface area contributed by atoms with Crippen LogP contribution in [-0.4, -0.2) is 47.3 Å². The van der Waals surface area contributed by atoms with Gasteiger partial charge in [0.15, 0.2) is 0 Å². The maximum Gasteiger partial charge on any atom is 0.322 e. The minimum Gasteiger partial charge on any atom is -0.497 e. The maximum absolute atomic E-state index is 12.8. The largest absolute Gasteiger partial charge is 0.497 e. The van der Waals surface area contributed by atoms with E-state index in [2.05, 4.69) is 11.4 Å². The van der Waals surface area contributed by atoms with Gasteiger partial charge in [-0.1, -0.05) is 18.2 Å². The number of benzene rings is 2. The molecule has 0 aromatic heterocycles. The molecule has 2 aliphatic rings. The topological polar surface area (TPSA) is 67.9 Å². The Morgan fingerprint density at radius 1 is 1.20 bits per heavy atom. The van der Waals surface area contributed by atoms with E-state index in [1.165, 1.54) is 5.56 Å². The normalized spacial score (nSPS) is 17.8. The highest BCUT2D eigenvalue weighted by atomic mass is 32.2. The summed E-state index contributed by atoms with van der Waals surface area (Å²) < 4.78 is 23.3. The summed E-state index contributed by atoms with van der Waals surface area (Å²) >= 11 is 0. The molecule has 1 atom stereocenters. The van der Waals surface area contributed by atoms with Gasteiger partial charge in [0.25, 0.3) is 0 Å². The van der Waals surface area contributed by atoms with E-state index in [1.807, 2.05) is 41.3 Å². The van der Waals surface area contributed by atoms with Gasteiger partial charge in [-0.25, -0.2) is 4.79 Å². The molecule has 2 amide bonds. The van der Waals surface area contributed by atoms with Crippen LogP contribution in [-0.2, 0) is 34.3 Å². The Morgan fingerprint density at radius 3 is 2.83 bits per heavy atom. The summed E-state index contributed by atoms with van der Waals surface area (Å²) in [5.74, 6) is 1.31. The molecule has 6 nitrogen and oxygen atoms in total. The molecule has 0 saturated carbocycles. The lowest BCUT2D eigenvalue weighted by atomic mass is 10.00. The summed E-state index contributed by atoms with van der Waals surface area (Å²) in [4.78, 5) is 14.6. The predicted octanol–water partition coefficient (Wildman–Crippen LogP) is 3.71. The first-order valence-electron chi connectivity index (χ1n) is 10.4. The number of nitrogens with one attached hydrogen (secondary N) is 1. The van der Waals surface area contributed by atoms with Crippen LogP contribution in [0.15, 0.2) is 42.5 Å². The highest BCUT2D eigenvalue weighted by Gasteiger charge is 2.22. The van der Waals surface area contributed by atoms with Crippen LogP contribution < -0.4 is 10.1 Å². The molecule has 0 unspecified atom stereocenters. The zero-order chi connectivity index (χ0) is 20.9. The van der Waals surface area contributed by atoms with E-state index in [-0.39, 0.29) is 11.3 Å². The molecule has 0 aliphatic carbocycles. The zero-order valence-corrected chi connectivity index (χ0v) is 18.1. The average Bonchev–Trinajstić information content (AvgIpc) is 2.79. The number of hydrogen-bond acceptors (Lipinski definition) is 4. The molecule has 30 heavy (non-hydrogen) atoms. The van der Waals surface area contributed by atoms with Gasteiger partial charge in [-0.05, 0) is 60.2 Å². The Morgan fingerprint density at radius 2 is 2.03 bits per heavy atom. The summed E-state index contributed by atoms with van der Waals surface area (Å²) in [6, 6.07) is 13.6. The number of amides is 2. The van der Waals surface area contributed by atoms with E-state index in [1.54, 1.807) is 7.11 Å². The molecular weight excluding hydrogens is 400 g/mol. The van der Waals surface area contributed by atoms with E-state index >= 15 is 0 Å². The molecule has 1 fully saturated rings. The first kappa shape index (κ1) is 20.9. The fourth-order valence-electron chi connectivity index (χ4n) is 4.00. The van der Waals surface area contributed by atoms with Crippen molar-refractivity contribution < 1.29 is 18.5 Å². The van der Waals surface area contributed by atoms with E-state index in [0.29, 0.717) is 32.1 Å². The van der Waals surface area contributed by atoms with Crippen LogP contribution in [0.5, 0.6) is 5.75 Å². The third-order valence-corrected chi connectivity index (χ3v) is 7.57. The number of fused-ring (bicyclic) bond motifs is 1. The van der Waals surface area contributed by atoms with E-state index in [0.717, 1.165) is 41.8 Å². The molecule has 7 heteroatoms. The number of carbonyl (C=O) groups is 1. The summed E-state index contributed by atoms with van der Waals surface area (Å²) in [7, 11) is 0.724. The second kappa shape index (κ2) is 9.62. The van der Waals surface area contributed by atoms with Crippen LogP contribution in [0.1, 0.15) is 29.5 Å². The van der Waals surface area contributed by atoms with Crippen LogP contribution in [0.25, 0.3) is 0 Å². The Hall–Kier alpha value is -2.38. The molecule has 2 aromatic rings. The molecule has 2 heterocycles. The number of carbonyl (C=O) groups excluding carboxylic acids is 1. The first-order chi connectivity index (χ1) is 14.6. The number of methoxy groups -OCH3 is 1. The van der Waals surface area contributed by atoms with Crippen molar-refractivity contribution in [2.24, 2.45) is 0 Å². The summed E-state index contributed by atoms with van der Waals surface area (Å²) in [6.07, 6.45) is 2.53. The quantitative estimate of drug-likeness (QED) is 0.788. The molecule has 0 bridgehead atoms. The van der Waals surface area contributed by atoms with Crippen LogP contribution in [0.2, 0.25) is 0 Å². The predicted molar refractivity (Wildman–Crippen MR) is 118 cm³/mol. The molecule has 2 aliphatic heterocycles. The van der Waals surface area contributed by atoms with Crippen molar-refractivity contribution in [2.75, 3.05) is 32.2 Å². The van der Waals surface area contributed by atoms with Gasteiger partial charge >= 0.3 is 6.03 Å². The third kappa shape index (κ3) is 5.02. The molecule has 160 valence electrons. The van der Waals surface area contributed by atoms with Crippen molar-refractivity contribution in [3.8, 4) is 5.75 Å². The molecule has 1 N–H and O–H groups in total. The van der Waals surface area contributed by atoms with Crippen LogP contribution in [0, 0.1) is 0 Å². The van der Waals surface area contributed by atoms with Gasteiger partial charge in [0.2, 0.25) is 0 Å². The van der Waals surface area contributed by atoms with E-state index < -0.39 is 10.8 Å². The lowest BCUT2D eigenvalue weighted by molar-refractivity contribution is 0.0992. The fourth-order valence-corrected chi connectivity index (χ4v) is 5.46. The van der Waals surface area contributed by atoms with Crippen LogP contribution >= 0.6 is 0 Å². The van der Waals surface area contributed by atoms with Gasteiger partial charge in [-0.15, -0.1) is 0 Å². The monoisotopic (exact) mass is 428 g/mol. The Labute approximate surface area is 180 Å². The molecule has 0 spiro atoms. The SMILES string of the molecule is COc1ccc2c(c1)CN(C(=O)Nc1cccc(C[S@@](=O)C3CCOCC3)c1)CC2. The fraction of sp³-hybridized carbons (Fsp3) is 0.435. The van der Waals surface area contributed by atoms with Crippen LogP contribution in [0.3, 0.4) is 0 Å². The number of anilines is 1. The Kier molecular flexibility index (Phi) is 6.69. The lowest BCUT2D eigenvalue weighted by Gasteiger charge is -2.29. The number of hydrogen-bond donors (Lipinski definition) is 1. The number of nitrogens with zero attached hydrogens (tertiary/aromatic N) is 1. The molecular formula is C23H28N2O4S. The second-order valence-corrected chi connectivity index (χ2v) is 9.49. The Balaban J connectivity index is 1.37. The van der Waals surface area contributed by atoms with Crippen molar-refractivity contribution in [1.29, 1.82) is 0 Å². The molecule has 4 rings (SSSR count). The van der Waals surface area contributed by atoms with Gasteiger partial charge in [0, 0.05) is 53.8 Å². The van der Waals surface area contributed by atoms with Gasteiger partial charge in [-0.3, -0.25) is 4.21 Å². The highest BCUT2D eigenvalue weighted by molar-refractivity contribution is 7.84. The van der Waals surface area contributed by atoms with Gasteiger partial charge < -0.3 is 19.7 Å². The van der Waals surface area contributed by atoms with Crippen molar-refractivity contribution in [2.45, 2.75) is 36.8 Å². The summed E-state index contributed by atoms with van der Waals surface area (Å²) in [5.41, 5.74) is 4.10. The summed E-state index contributed by atoms with van der Waals surface area (Å²) in [5, 5.41) is 3.20. The third-order valence-electron chi connectivity index (χ3n) is 5.74. The van der Waals surface area contributed by atoms with Gasteiger partial charge in [0.05, 0.1) is 7.11 Å². The number of rotatable bonds is 5. The minimum absolute atomic E-state index is 0.119. The standard InChI is InChI=1S/C23H28N2O4S/c1-28-21-6-5-18-7-10-25(15-19(18)14-21)23(26)24-20-4-2-3-17(13-20)16-30(27)22-8-11-29-12-9-22/h2-6,13-14,22H,7-12,15-16H2,1H3,(H,24,26)/t30-/m1/s1. The van der Waals surface area contributed by atoms with Crippen molar-refractivity contribution >= 4 is 22.5 Å². The van der Waals surface area contributed by atoms with Gasteiger partial charge in [-0.2, -0.15) is 0 Å². The lowest BCUT2D eigenvalue weighted by Crippen LogP contribution is -2.38. The van der Waals surface area contributed by atoms with Crippen molar-refractivity contribution in [1.82, 2.24) is 4.90 Å². The van der Waals surface area contributed by atoms with E-state index in [9.17, 15) is 9.00 Å². The van der Waals surface area contributed by atoms with Crippen LogP contribution in [0.4, 0.5) is 10.5 Å². The molecule has 2 aromatic carbocycles. The second-order valence-electron chi connectivity index (χ2n) is 7.77. The zero-order valence-electron chi connectivity index (χ0n) is 17.3. The van der Waals surface area contributed by atoms with Crippen molar-refractivity contribution in [3.63, 3.8) is 0 Å². The minimum atomic E-state index is -0.926. The molecule has 1 saturated heterocycles. The first-order valence-corrected chi connectivity index (χ1v) is 11.8. The number of ether oxygens (including phenoxy) is 2. The van der Waals surface area contributed by atoms with E-state index in [4.69, 9.17) is 9.47 Å². The van der Waals surface area contributed by atoms with Crippen molar-refractivity contribution in [3.05, 3.63) is 59.2 Å². The average molecular weight is 429 g/mol. The summed E-state index contributed by atoms with van der Waals surface area (Å²) in [6.45, 7) is 2.62. The maximum atomic E-state index is 12.8. The molecule has 0 radical (unpaired) electrons. The Bertz CT molecular complexity index is 927. The highest BCUT2D eigenvalue weighted by Crippen LogP contribution is 2.25. The van der Waals surface area contributed by atoms with Gasteiger partial charge in [0.1, 0.15) is 5.75 Å². The smallest absolute Gasteiger partial charge is 0.322 e.